The van der Waals surface area contributed by atoms with Crippen molar-refractivity contribution < 1.29 is 38.6 Å². The number of hydrogen-bond acceptors (Lipinski definition) is 7. The molecule has 0 amide bonds. The molecular formula is C11H10Cl2O8. The molecule has 0 bridgehead atoms. The van der Waals surface area contributed by atoms with Crippen LogP contribution < -0.4 is 0 Å². The Morgan fingerprint density at radius 1 is 1.14 bits per heavy atom. The highest BCUT2D eigenvalue weighted by Crippen LogP contribution is 2.27. The molecule has 2 aliphatic heterocycles. The van der Waals surface area contributed by atoms with E-state index in [4.69, 9.17) is 28.3 Å². The first-order valence-electron chi connectivity index (χ1n) is 5.71. The Morgan fingerprint density at radius 3 is 1.90 bits per heavy atom. The number of ketones is 1. The van der Waals surface area contributed by atoms with Crippen LogP contribution in [-0.2, 0) is 33.4 Å². The van der Waals surface area contributed by atoms with E-state index in [1.54, 1.807) is 0 Å². The molecule has 2 rings (SSSR count). The van der Waals surface area contributed by atoms with Gasteiger partial charge in [0.15, 0.2) is 11.9 Å². The second kappa shape index (κ2) is 6.97. The minimum absolute atomic E-state index is 0.00421. The Morgan fingerprint density at radius 2 is 1.71 bits per heavy atom. The number of rotatable bonds is 3. The van der Waals surface area contributed by atoms with Crippen LogP contribution in [0.25, 0.3) is 0 Å². The third-order valence-electron chi connectivity index (χ3n) is 2.75. The largest absolute Gasteiger partial charge is 0.479 e. The highest BCUT2D eigenvalue weighted by Gasteiger charge is 2.55. The number of cyclic esters (lactones) is 1. The van der Waals surface area contributed by atoms with Crippen molar-refractivity contribution in [3.05, 3.63) is 0 Å². The third-order valence-corrected chi connectivity index (χ3v) is 3.29. The van der Waals surface area contributed by atoms with Gasteiger partial charge in [-0.1, -0.05) is 0 Å². The lowest BCUT2D eigenvalue weighted by Crippen LogP contribution is -2.47. The van der Waals surface area contributed by atoms with E-state index >= 15 is 0 Å². The van der Waals surface area contributed by atoms with E-state index < -0.39 is 39.9 Å². The molecule has 0 aromatic carbocycles. The molecular weight excluding hydrogens is 331 g/mol. The molecule has 2 aliphatic rings. The van der Waals surface area contributed by atoms with Gasteiger partial charge in [0.05, 0.1) is 6.61 Å². The molecule has 0 aliphatic carbocycles. The third kappa shape index (κ3) is 3.78. The summed E-state index contributed by atoms with van der Waals surface area (Å²) < 4.78 is 9.05. The van der Waals surface area contributed by atoms with E-state index in [1.165, 1.54) is 0 Å². The van der Waals surface area contributed by atoms with Gasteiger partial charge in [-0.3, -0.25) is 19.2 Å². The molecule has 0 saturated carbocycles. The fourth-order valence-electron chi connectivity index (χ4n) is 1.66. The lowest BCUT2D eigenvalue weighted by atomic mass is 10.0. The number of esters is 1. The van der Waals surface area contributed by atoms with Gasteiger partial charge in [0.1, 0.15) is 0 Å². The summed E-state index contributed by atoms with van der Waals surface area (Å²) in [5, 5.41) is 5.90. The second-order valence-electron chi connectivity index (χ2n) is 4.11. The normalized spacial score (nSPS) is 23.0. The minimum Gasteiger partial charge on any atom is -0.479 e. The number of halogens is 2. The average Bonchev–Trinajstić information content (AvgIpc) is 2.96. The van der Waals surface area contributed by atoms with Gasteiger partial charge >= 0.3 is 11.9 Å². The topological polar surface area (TPSA) is 124 Å². The highest BCUT2D eigenvalue weighted by atomic mass is 35.5. The summed E-state index contributed by atoms with van der Waals surface area (Å²) in [6.07, 6.45) is -0.361. The summed E-state index contributed by atoms with van der Waals surface area (Å²) in [5.41, 5.74) is -2.23. The van der Waals surface area contributed by atoms with Crippen molar-refractivity contribution in [2.45, 2.75) is 31.0 Å². The van der Waals surface area contributed by atoms with Crippen LogP contribution in [0.5, 0.6) is 0 Å². The summed E-state index contributed by atoms with van der Waals surface area (Å²) in [5.74, 6) is -2.15. The number of Topliss-reactive ketones (excluding diaryl/α,β-unsaturated/α-hetero) is 1. The maximum atomic E-state index is 11.0. The smallest absolute Gasteiger partial charge is 0.345 e. The van der Waals surface area contributed by atoms with Gasteiger partial charge < -0.3 is 14.6 Å². The minimum atomic E-state index is -2.23. The molecule has 0 aromatic rings. The van der Waals surface area contributed by atoms with Gasteiger partial charge in [0, 0.05) is 19.3 Å². The first-order valence-corrected chi connectivity index (χ1v) is 6.46. The maximum absolute atomic E-state index is 11.0. The fourth-order valence-corrected chi connectivity index (χ4v) is 2.20. The average molecular weight is 341 g/mol. The molecule has 0 aromatic heterocycles. The number of carboxylic acid groups (broad SMARTS) is 1. The first-order chi connectivity index (χ1) is 9.71. The predicted octanol–water partition coefficient (Wildman–Crippen LogP) is 0.0220. The zero-order valence-electron chi connectivity index (χ0n) is 10.5. The van der Waals surface area contributed by atoms with E-state index in [-0.39, 0.29) is 19.4 Å². The highest BCUT2D eigenvalue weighted by molar-refractivity contribution is 6.79. The van der Waals surface area contributed by atoms with E-state index in [0.29, 0.717) is 6.42 Å². The summed E-state index contributed by atoms with van der Waals surface area (Å²) in [7, 11) is 0. The molecule has 10 heteroatoms. The van der Waals surface area contributed by atoms with E-state index in [0.717, 1.165) is 0 Å². The number of carboxylic acids is 1. The van der Waals surface area contributed by atoms with E-state index in [2.05, 4.69) is 9.47 Å². The Bertz CT molecular complexity index is 486. The molecule has 1 atom stereocenters. The fraction of sp³-hybridized carbons (Fsp3) is 0.545. The number of ether oxygens (including phenoxy) is 2. The molecule has 0 spiro atoms. The summed E-state index contributed by atoms with van der Waals surface area (Å²) in [4.78, 5) is 52.9. The molecule has 21 heavy (non-hydrogen) atoms. The monoisotopic (exact) mass is 340 g/mol. The van der Waals surface area contributed by atoms with Crippen molar-refractivity contribution >= 4 is 51.4 Å². The van der Waals surface area contributed by atoms with Crippen LogP contribution >= 0.6 is 23.2 Å². The zero-order chi connectivity index (χ0) is 16.2. The Balaban J connectivity index is 0.000000219. The number of carbonyl (C=O) groups excluding carboxylic acids is 4. The van der Waals surface area contributed by atoms with Crippen molar-refractivity contribution in [1.82, 2.24) is 0 Å². The van der Waals surface area contributed by atoms with Crippen molar-refractivity contribution in [3.8, 4) is 0 Å². The molecule has 1 unspecified atom stereocenters. The van der Waals surface area contributed by atoms with Crippen LogP contribution in [0.3, 0.4) is 0 Å². The van der Waals surface area contributed by atoms with Crippen LogP contribution in [0, 0.1) is 0 Å². The Hall–Kier alpha value is -1.51. The van der Waals surface area contributed by atoms with Crippen LogP contribution in [0.15, 0.2) is 0 Å². The molecule has 2 saturated heterocycles. The zero-order valence-corrected chi connectivity index (χ0v) is 12.0. The molecule has 2 fully saturated rings. The predicted molar refractivity (Wildman–Crippen MR) is 66.8 cm³/mol. The van der Waals surface area contributed by atoms with Crippen LogP contribution in [0.2, 0.25) is 0 Å². The molecule has 116 valence electrons. The molecule has 8 nitrogen and oxygen atoms in total. The van der Waals surface area contributed by atoms with Gasteiger partial charge in [0.2, 0.25) is 0 Å². The van der Waals surface area contributed by atoms with Crippen molar-refractivity contribution in [2.75, 3.05) is 6.61 Å². The van der Waals surface area contributed by atoms with E-state index in [9.17, 15) is 24.0 Å². The summed E-state index contributed by atoms with van der Waals surface area (Å²) in [6, 6.07) is 0. The number of carbonyl (C=O) groups is 5. The van der Waals surface area contributed by atoms with Gasteiger partial charge in [-0.25, -0.2) is 4.79 Å². The first kappa shape index (κ1) is 17.5. The molecule has 1 N–H and O–H groups in total. The quantitative estimate of drug-likeness (QED) is 0.433. The van der Waals surface area contributed by atoms with Crippen LogP contribution in [-0.4, -0.2) is 51.6 Å². The van der Waals surface area contributed by atoms with Crippen molar-refractivity contribution in [3.63, 3.8) is 0 Å². The molecule has 0 radical (unpaired) electrons. The van der Waals surface area contributed by atoms with Crippen molar-refractivity contribution in [2.24, 2.45) is 0 Å². The van der Waals surface area contributed by atoms with Gasteiger partial charge in [0.25, 0.3) is 16.1 Å². The SMILES string of the molecule is O=C(Cl)C1(C(=O)Cl)OCCC1=O.O=C1CCC(C(=O)O)O1. The molecule has 2 heterocycles. The lowest BCUT2D eigenvalue weighted by molar-refractivity contribution is -0.156. The van der Waals surface area contributed by atoms with Crippen LogP contribution in [0.4, 0.5) is 0 Å². The van der Waals surface area contributed by atoms with Crippen molar-refractivity contribution in [1.29, 1.82) is 0 Å². The number of hydrogen-bond donors (Lipinski definition) is 1. The van der Waals surface area contributed by atoms with Gasteiger partial charge in [-0.2, -0.15) is 0 Å². The lowest BCUT2D eigenvalue weighted by Gasteiger charge is -2.15. The standard InChI is InChI=1S/C6H4Cl2O4.C5H6O4/c7-4(10)6(5(8)11)3(9)1-2-12-6;6-4-2-1-3(9-4)5(7)8/h1-2H2;3H,1-2H2,(H,7,8). The van der Waals surface area contributed by atoms with E-state index in [1.807, 2.05) is 0 Å². The summed E-state index contributed by atoms with van der Waals surface area (Å²) >= 11 is 10.1. The Kier molecular flexibility index (Phi) is 5.82. The Labute approximate surface area is 128 Å². The number of aliphatic carboxylic acids is 1. The van der Waals surface area contributed by atoms with Crippen LogP contribution in [0.1, 0.15) is 19.3 Å². The maximum Gasteiger partial charge on any atom is 0.345 e. The van der Waals surface area contributed by atoms with Gasteiger partial charge in [-0.05, 0) is 23.2 Å². The second-order valence-corrected chi connectivity index (χ2v) is 4.79. The summed E-state index contributed by atoms with van der Waals surface area (Å²) in [6.45, 7) is -0.00421. The van der Waals surface area contributed by atoms with Gasteiger partial charge in [-0.15, -0.1) is 0 Å².